The molecule has 2 rings (SSSR count). The number of rotatable bonds is 3. The van der Waals surface area contributed by atoms with Gasteiger partial charge in [-0.3, -0.25) is 4.79 Å². The van der Waals surface area contributed by atoms with Crippen LogP contribution in [0.1, 0.15) is 15.9 Å². The van der Waals surface area contributed by atoms with Crippen molar-refractivity contribution in [3.05, 3.63) is 53.3 Å². The molecule has 1 amide bonds. The van der Waals surface area contributed by atoms with E-state index in [4.69, 9.17) is 5.73 Å². The minimum Gasteiger partial charge on any atom is -0.399 e. The van der Waals surface area contributed by atoms with Gasteiger partial charge >= 0.3 is 0 Å². The number of hydrogen-bond acceptors (Lipinski definition) is 3. The zero-order chi connectivity index (χ0) is 15.6. The number of benzene rings is 2. The fourth-order valence-corrected chi connectivity index (χ4v) is 2.01. The van der Waals surface area contributed by atoms with E-state index in [1.165, 1.54) is 17.0 Å². The van der Waals surface area contributed by atoms with Crippen molar-refractivity contribution in [3.8, 4) is 0 Å². The smallest absolute Gasteiger partial charge is 0.255 e. The Morgan fingerprint density at radius 1 is 1.14 bits per heavy atom. The Morgan fingerprint density at radius 3 is 2.48 bits per heavy atom. The molecule has 0 bridgehead atoms. The van der Waals surface area contributed by atoms with Crippen LogP contribution < -0.4 is 11.1 Å². The molecule has 0 heterocycles. The number of nitrogens with one attached hydrogen (secondary N) is 1. The molecule has 3 N–H and O–H groups in total. The van der Waals surface area contributed by atoms with Crippen LogP contribution in [0.4, 0.5) is 21.5 Å². The third-order valence-corrected chi connectivity index (χ3v) is 3.14. The Hall–Kier alpha value is -2.56. The molecule has 0 aliphatic rings. The van der Waals surface area contributed by atoms with Crippen molar-refractivity contribution in [1.29, 1.82) is 0 Å². The third-order valence-electron chi connectivity index (χ3n) is 3.14. The Labute approximate surface area is 123 Å². The number of halogens is 1. The lowest BCUT2D eigenvalue weighted by Gasteiger charge is -2.17. The van der Waals surface area contributed by atoms with Crippen LogP contribution in [0, 0.1) is 12.7 Å². The van der Waals surface area contributed by atoms with Gasteiger partial charge in [-0.2, -0.15) is 0 Å². The van der Waals surface area contributed by atoms with E-state index >= 15 is 0 Å². The second kappa shape index (κ2) is 5.83. The highest BCUT2D eigenvalue weighted by atomic mass is 19.1. The molecular formula is C16H18FN3O. The van der Waals surface area contributed by atoms with Gasteiger partial charge < -0.3 is 16.0 Å². The summed E-state index contributed by atoms with van der Waals surface area (Å²) in [6.07, 6.45) is 0. The molecule has 21 heavy (non-hydrogen) atoms. The number of nitrogens with zero attached hydrogens (tertiary/aromatic N) is 1. The van der Waals surface area contributed by atoms with E-state index in [1.54, 1.807) is 45.3 Å². The van der Waals surface area contributed by atoms with Crippen molar-refractivity contribution < 1.29 is 9.18 Å². The number of nitrogen functional groups attached to an aromatic ring is 1. The number of hydrogen-bond donors (Lipinski definition) is 2. The lowest BCUT2D eigenvalue weighted by atomic mass is 10.1. The summed E-state index contributed by atoms with van der Waals surface area (Å²) in [5.41, 5.74) is 8.94. The molecule has 4 nitrogen and oxygen atoms in total. The number of nitrogens with two attached hydrogens (primary N) is 1. The van der Waals surface area contributed by atoms with E-state index in [2.05, 4.69) is 5.32 Å². The maximum Gasteiger partial charge on any atom is 0.255 e. The molecule has 0 aliphatic heterocycles. The van der Waals surface area contributed by atoms with E-state index in [-0.39, 0.29) is 11.7 Å². The summed E-state index contributed by atoms with van der Waals surface area (Å²) < 4.78 is 13.2. The molecule has 0 saturated carbocycles. The molecule has 0 spiro atoms. The first kappa shape index (κ1) is 14.8. The van der Waals surface area contributed by atoms with Gasteiger partial charge in [-0.05, 0) is 48.9 Å². The summed E-state index contributed by atoms with van der Waals surface area (Å²) in [5, 5.41) is 3.15. The highest BCUT2D eigenvalue weighted by Crippen LogP contribution is 2.26. The van der Waals surface area contributed by atoms with Crippen molar-refractivity contribution >= 4 is 23.0 Å². The van der Waals surface area contributed by atoms with Crippen LogP contribution in [0.15, 0.2) is 36.4 Å². The SMILES string of the molecule is Cc1cc(F)ccc1Nc1cc(N)ccc1C(=O)N(C)C. The summed E-state index contributed by atoms with van der Waals surface area (Å²) in [6, 6.07) is 9.49. The maximum absolute atomic E-state index is 13.2. The molecule has 0 saturated heterocycles. The van der Waals surface area contributed by atoms with Gasteiger partial charge in [0.2, 0.25) is 0 Å². The van der Waals surface area contributed by atoms with Gasteiger partial charge in [0.25, 0.3) is 5.91 Å². The molecule has 0 aliphatic carbocycles. The number of carbonyl (C=O) groups excluding carboxylic acids is 1. The Bertz CT molecular complexity index is 683. The first-order valence-corrected chi connectivity index (χ1v) is 6.53. The van der Waals surface area contributed by atoms with E-state index in [1.807, 2.05) is 0 Å². The molecule has 0 radical (unpaired) electrons. The molecule has 2 aromatic carbocycles. The summed E-state index contributed by atoms with van der Waals surface area (Å²) in [5.74, 6) is -0.424. The predicted molar refractivity (Wildman–Crippen MR) is 83.3 cm³/mol. The van der Waals surface area contributed by atoms with E-state index < -0.39 is 0 Å². The fourth-order valence-electron chi connectivity index (χ4n) is 2.01. The van der Waals surface area contributed by atoms with Gasteiger partial charge in [-0.25, -0.2) is 4.39 Å². The van der Waals surface area contributed by atoms with Crippen LogP contribution in [0.5, 0.6) is 0 Å². The van der Waals surface area contributed by atoms with Crippen LogP contribution in [0.3, 0.4) is 0 Å². The third kappa shape index (κ3) is 3.31. The van der Waals surface area contributed by atoms with Crippen molar-refractivity contribution in [2.24, 2.45) is 0 Å². The molecule has 5 heteroatoms. The van der Waals surface area contributed by atoms with Gasteiger partial charge in [0.05, 0.1) is 11.3 Å². The lowest BCUT2D eigenvalue weighted by Crippen LogP contribution is -2.22. The van der Waals surface area contributed by atoms with Gasteiger partial charge in [0, 0.05) is 25.5 Å². The van der Waals surface area contributed by atoms with Crippen molar-refractivity contribution in [2.45, 2.75) is 6.92 Å². The second-order valence-corrected chi connectivity index (χ2v) is 5.09. The molecule has 110 valence electrons. The number of amides is 1. The first-order valence-electron chi connectivity index (χ1n) is 6.53. The average molecular weight is 287 g/mol. The topological polar surface area (TPSA) is 58.4 Å². The van der Waals surface area contributed by atoms with E-state index in [9.17, 15) is 9.18 Å². The van der Waals surface area contributed by atoms with Gasteiger partial charge in [-0.15, -0.1) is 0 Å². The molecule has 0 aromatic heterocycles. The predicted octanol–water partition coefficient (Wildman–Crippen LogP) is 3.16. The van der Waals surface area contributed by atoms with E-state index in [0.29, 0.717) is 16.9 Å². The monoisotopic (exact) mass is 287 g/mol. The Balaban J connectivity index is 2.43. The van der Waals surface area contributed by atoms with Crippen LogP contribution in [-0.2, 0) is 0 Å². The minimum atomic E-state index is -0.296. The maximum atomic E-state index is 13.2. The van der Waals surface area contributed by atoms with Gasteiger partial charge in [0.15, 0.2) is 0 Å². The Kier molecular flexibility index (Phi) is 4.12. The van der Waals surface area contributed by atoms with Crippen molar-refractivity contribution in [3.63, 3.8) is 0 Å². The van der Waals surface area contributed by atoms with Gasteiger partial charge in [-0.1, -0.05) is 0 Å². The summed E-state index contributed by atoms with van der Waals surface area (Å²) in [6.45, 7) is 1.80. The highest BCUT2D eigenvalue weighted by Gasteiger charge is 2.14. The van der Waals surface area contributed by atoms with Crippen LogP contribution >= 0.6 is 0 Å². The fraction of sp³-hybridized carbons (Fsp3) is 0.188. The summed E-state index contributed by atoms with van der Waals surface area (Å²) in [7, 11) is 3.37. The molecule has 2 aromatic rings. The van der Waals surface area contributed by atoms with Crippen molar-refractivity contribution in [1.82, 2.24) is 4.90 Å². The zero-order valence-corrected chi connectivity index (χ0v) is 12.3. The molecule has 0 unspecified atom stereocenters. The molecular weight excluding hydrogens is 269 g/mol. The lowest BCUT2D eigenvalue weighted by molar-refractivity contribution is 0.0828. The standard InChI is InChI=1S/C16H18FN3O/c1-10-8-11(17)4-7-14(10)19-15-9-12(18)5-6-13(15)16(21)20(2)3/h4-9,19H,18H2,1-3H3. The quantitative estimate of drug-likeness (QED) is 0.853. The number of anilines is 3. The first-order chi connectivity index (χ1) is 9.88. The Morgan fingerprint density at radius 2 is 1.86 bits per heavy atom. The van der Waals surface area contributed by atoms with Gasteiger partial charge in [0.1, 0.15) is 5.82 Å². The van der Waals surface area contributed by atoms with Crippen LogP contribution in [0.25, 0.3) is 0 Å². The molecule has 0 fully saturated rings. The number of aryl methyl sites for hydroxylation is 1. The van der Waals surface area contributed by atoms with E-state index in [0.717, 1.165) is 11.3 Å². The largest absolute Gasteiger partial charge is 0.399 e. The average Bonchev–Trinajstić information content (AvgIpc) is 2.41. The molecule has 0 atom stereocenters. The minimum absolute atomic E-state index is 0.128. The number of carbonyl (C=O) groups is 1. The van der Waals surface area contributed by atoms with Crippen LogP contribution in [-0.4, -0.2) is 24.9 Å². The highest BCUT2D eigenvalue weighted by molar-refractivity contribution is 6.00. The summed E-state index contributed by atoms with van der Waals surface area (Å²) >= 11 is 0. The van der Waals surface area contributed by atoms with Crippen LogP contribution in [0.2, 0.25) is 0 Å². The van der Waals surface area contributed by atoms with Crippen molar-refractivity contribution in [2.75, 3.05) is 25.1 Å². The normalized spacial score (nSPS) is 10.3. The zero-order valence-electron chi connectivity index (χ0n) is 12.3. The second-order valence-electron chi connectivity index (χ2n) is 5.09. The summed E-state index contributed by atoms with van der Waals surface area (Å²) in [4.78, 5) is 13.7.